The Morgan fingerprint density at radius 3 is 2.22 bits per heavy atom. The SMILES string of the molecule is O=CCCOC[C@H]1O[C@H](O[C@]2(CO)O[C@H](CO)[C@@H](O)[C@@H]2O)[C@H](O)[C@@H](O)[C@@H]1O. The molecule has 2 rings (SSSR count). The van der Waals surface area contributed by atoms with Gasteiger partial charge in [0.15, 0.2) is 6.29 Å². The first kappa shape index (κ1) is 22.5. The van der Waals surface area contributed by atoms with Crippen LogP contribution in [0.15, 0.2) is 0 Å². The number of hydrogen-bond acceptors (Lipinski definition) is 12. The van der Waals surface area contributed by atoms with Gasteiger partial charge in [0.25, 0.3) is 0 Å². The summed E-state index contributed by atoms with van der Waals surface area (Å²) < 4.78 is 21.1. The number of aldehydes is 1. The Morgan fingerprint density at radius 1 is 0.963 bits per heavy atom. The molecule has 0 aromatic carbocycles. The van der Waals surface area contributed by atoms with Crippen molar-refractivity contribution in [2.75, 3.05) is 26.4 Å². The Labute approximate surface area is 154 Å². The van der Waals surface area contributed by atoms with Crippen molar-refractivity contribution >= 4 is 6.29 Å². The number of aliphatic hydroxyl groups excluding tert-OH is 7. The summed E-state index contributed by atoms with van der Waals surface area (Å²) in [6, 6.07) is 0. The van der Waals surface area contributed by atoms with Gasteiger partial charge < -0.3 is 59.5 Å². The van der Waals surface area contributed by atoms with Gasteiger partial charge in [0, 0.05) is 6.42 Å². The molecule has 0 amide bonds. The van der Waals surface area contributed by atoms with Crippen LogP contribution < -0.4 is 0 Å². The van der Waals surface area contributed by atoms with E-state index in [9.17, 15) is 40.5 Å². The van der Waals surface area contributed by atoms with E-state index in [1.807, 2.05) is 0 Å². The van der Waals surface area contributed by atoms with E-state index >= 15 is 0 Å². The van der Waals surface area contributed by atoms with E-state index in [-0.39, 0.29) is 19.6 Å². The lowest BCUT2D eigenvalue weighted by Crippen LogP contribution is -2.62. The highest BCUT2D eigenvalue weighted by Gasteiger charge is 2.58. The van der Waals surface area contributed by atoms with Crippen molar-refractivity contribution in [1.29, 1.82) is 0 Å². The third kappa shape index (κ3) is 4.63. The maximum absolute atomic E-state index is 10.3. The van der Waals surface area contributed by atoms with Gasteiger partial charge in [0.1, 0.15) is 55.6 Å². The van der Waals surface area contributed by atoms with E-state index in [1.165, 1.54) is 0 Å². The number of carbonyl (C=O) groups excluding carboxylic acids is 1. The molecular weight excluding hydrogens is 372 g/mol. The number of rotatable bonds is 9. The van der Waals surface area contributed by atoms with Gasteiger partial charge in [-0.3, -0.25) is 0 Å². The van der Waals surface area contributed by atoms with Gasteiger partial charge in [0.05, 0.1) is 19.8 Å². The molecule has 12 heteroatoms. The summed E-state index contributed by atoms with van der Waals surface area (Å²) in [4.78, 5) is 10.3. The first-order chi connectivity index (χ1) is 12.8. The monoisotopic (exact) mass is 398 g/mol. The molecule has 0 saturated carbocycles. The highest BCUT2D eigenvalue weighted by molar-refractivity contribution is 5.49. The van der Waals surface area contributed by atoms with E-state index in [4.69, 9.17) is 18.9 Å². The van der Waals surface area contributed by atoms with Crippen molar-refractivity contribution in [3.63, 3.8) is 0 Å². The molecule has 2 saturated heterocycles. The summed E-state index contributed by atoms with van der Waals surface area (Å²) in [5, 5.41) is 68.9. The van der Waals surface area contributed by atoms with Gasteiger partial charge in [-0.1, -0.05) is 0 Å². The molecule has 7 N–H and O–H groups in total. The highest BCUT2D eigenvalue weighted by Crippen LogP contribution is 2.35. The molecule has 9 atom stereocenters. The largest absolute Gasteiger partial charge is 0.394 e. The zero-order chi connectivity index (χ0) is 20.2. The molecule has 0 bridgehead atoms. The van der Waals surface area contributed by atoms with Gasteiger partial charge in [-0.15, -0.1) is 0 Å². The summed E-state index contributed by atoms with van der Waals surface area (Å²) in [5.74, 6) is -2.23. The van der Waals surface area contributed by atoms with Crippen molar-refractivity contribution in [2.45, 2.75) is 61.2 Å². The lowest BCUT2D eigenvalue weighted by atomic mass is 9.99. The van der Waals surface area contributed by atoms with Gasteiger partial charge in [0.2, 0.25) is 5.79 Å². The van der Waals surface area contributed by atoms with Crippen LogP contribution in [0.25, 0.3) is 0 Å². The Bertz CT molecular complexity index is 478. The molecular formula is C15H26O12. The van der Waals surface area contributed by atoms with Gasteiger partial charge in [-0.2, -0.15) is 0 Å². The molecule has 27 heavy (non-hydrogen) atoms. The lowest BCUT2D eigenvalue weighted by Gasteiger charge is -2.43. The fourth-order valence-corrected chi connectivity index (χ4v) is 2.95. The molecule has 0 aliphatic carbocycles. The Morgan fingerprint density at radius 2 is 1.67 bits per heavy atom. The summed E-state index contributed by atoms with van der Waals surface area (Å²) in [7, 11) is 0. The quantitative estimate of drug-likeness (QED) is 0.145. The second-order valence-electron chi connectivity index (χ2n) is 6.41. The lowest BCUT2D eigenvalue weighted by molar-refractivity contribution is -0.384. The van der Waals surface area contributed by atoms with Crippen molar-refractivity contribution in [3.8, 4) is 0 Å². The molecule has 2 aliphatic heterocycles. The van der Waals surface area contributed by atoms with E-state index in [1.54, 1.807) is 0 Å². The Balaban J connectivity index is 2.09. The molecule has 0 radical (unpaired) electrons. The number of ether oxygens (including phenoxy) is 4. The van der Waals surface area contributed by atoms with Crippen LogP contribution in [0.1, 0.15) is 6.42 Å². The van der Waals surface area contributed by atoms with Crippen LogP contribution >= 0.6 is 0 Å². The van der Waals surface area contributed by atoms with Crippen LogP contribution in [0.3, 0.4) is 0 Å². The van der Waals surface area contributed by atoms with Crippen LogP contribution in [0, 0.1) is 0 Å². The van der Waals surface area contributed by atoms with Crippen LogP contribution in [0.4, 0.5) is 0 Å². The van der Waals surface area contributed by atoms with E-state index in [0.717, 1.165) is 0 Å². The van der Waals surface area contributed by atoms with Gasteiger partial charge in [-0.25, -0.2) is 0 Å². The summed E-state index contributed by atoms with van der Waals surface area (Å²) in [6.45, 7) is -1.83. The molecule has 12 nitrogen and oxygen atoms in total. The van der Waals surface area contributed by atoms with Gasteiger partial charge in [-0.05, 0) is 0 Å². The average molecular weight is 398 g/mol. The van der Waals surface area contributed by atoms with E-state index < -0.39 is 68.0 Å². The van der Waals surface area contributed by atoms with Crippen molar-refractivity contribution in [3.05, 3.63) is 0 Å². The first-order valence-electron chi connectivity index (χ1n) is 8.45. The predicted molar refractivity (Wildman–Crippen MR) is 83.1 cm³/mol. The smallest absolute Gasteiger partial charge is 0.224 e. The fraction of sp³-hybridized carbons (Fsp3) is 0.933. The molecule has 0 spiro atoms. The first-order valence-corrected chi connectivity index (χ1v) is 8.45. The molecule has 2 fully saturated rings. The minimum atomic E-state index is -2.23. The van der Waals surface area contributed by atoms with Crippen LogP contribution in [0.2, 0.25) is 0 Å². The van der Waals surface area contributed by atoms with E-state index in [2.05, 4.69) is 0 Å². The van der Waals surface area contributed by atoms with Crippen LogP contribution in [0.5, 0.6) is 0 Å². The molecule has 158 valence electrons. The van der Waals surface area contributed by atoms with Crippen molar-refractivity contribution in [1.82, 2.24) is 0 Å². The number of carbonyl (C=O) groups is 1. The summed E-state index contributed by atoms with van der Waals surface area (Å²) in [5.41, 5.74) is 0. The molecule has 0 aromatic heterocycles. The standard InChI is InChI=1S/C15H26O12/c16-2-1-3-24-5-8-9(19)11(21)12(22)14(25-8)27-15(6-18)13(23)10(20)7(4-17)26-15/h2,7-14,17-23H,1,3-6H2/t7-,8-,9-,10-,11+,12-,13+,14-,15+/m1/s1. The minimum absolute atomic E-state index is 0.0486. The number of hydrogen-bond donors (Lipinski definition) is 7. The molecule has 2 aliphatic rings. The zero-order valence-electron chi connectivity index (χ0n) is 14.4. The average Bonchev–Trinajstić information content (AvgIpc) is 2.91. The Kier molecular flexibility index (Phi) is 8.03. The molecule has 0 aromatic rings. The predicted octanol–water partition coefficient (Wildman–Crippen LogP) is -4.78. The van der Waals surface area contributed by atoms with Crippen molar-refractivity contribution in [2.24, 2.45) is 0 Å². The fourth-order valence-electron chi connectivity index (χ4n) is 2.95. The maximum Gasteiger partial charge on any atom is 0.224 e. The minimum Gasteiger partial charge on any atom is -0.394 e. The zero-order valence-corrected chi connectivity index (χ0v) is 14.4. The van der Waals surface area contributed by atoms with Crippen molar-refractivity contribution < 1.29 is 59.5 Å². The summed E-state index contributed by atoms with van der Waals surface area (Å²) >= 11 is 0. The third-order valence-electron chi connectivity index (χ3n) is 4.55. The van der Waals surface area contributed by atoms with Crippen LogP contribution in [-0.4, -0.2) is 123 Å². The van der Waals surface area contributed by atoms with Gasteiger partial charge >= 0.3 is 0 Å². The van der Waals surface area contributed by atoms with Crippen LogP contribution in [-0.2, 0) is 23.7 Å². The normalized spacial score (nSPS) is 45.1. The van der Waals surface area contributed by atoms with E-state index in [0.29, 0.717) is 6.29 Å². The maximum atomic E-state index is 10.3. The molecule has 2 heterocycles. The Hall–Kier alpha value is -0.770. The third-order valence-corrected chi connectivity index (χ3v) is 4.55. The second kappa shape index (κ2) is 9.62. The molecule has 0 unspecified atom stereocenters. The highest BCUT2D eigenvalue weighted by atomic mass is 16.8. The second-order valence-corrected chi connectivity index (χ2v) is 6.41. The summed E-state index contributed by atoms with van der Waals surface area (Å²) in [6.07, 6.45) is -11.7. The number of aliphatic hydroxyl groups is 7. The topological polar surface area (TPSA) is 196 Å².